The van der Waals surface area contributed by atoms with Crippen molar-refractivity contribution >= 4 is 11.8 Å². The second kappa shape index (κ2) is 6.24. The Balaban J connectivity index is 2.15. The Kier molecular flexibility index (Phi) is 4.25. The van der Waals surface area contributed by atoms with Crippen molar-refractivity contribution in [3.05, 3.63) is 47.5 Å². The van der Waals surface area contributed by atoms with Crippen LogP contribution in [-0.4, -0.2) is 29.6 Å². The number of ketones is 1. The summed E-state index contributed by atoms with van der Waals surface area (Å²) in [6.07, 6.45) is 1.16. The Bertz CT molecular complexity index is 851. The third-order valence-electron chi connectivity index (χ3n) is 4.39. The van der Waals surface area contributed by atoms with Crippen LogP contribution in [0.4, 0.5) is 0 Å². The zero-order valence-corrected chi connectivity index (χ0v) is 14.5. The van der Waals surface area contributed by atoms with Gasteiger partial charge >= 0.3 is 5.97 Å². The number of methoxy groups -OCH3 is 1. The number of carboxylic acid groups (broad SMARTS) is 1. The van der Waals surface area contributed by atoms with E-state index in [1.165, 1.54) is 13.8 Å². The number of carbonyl (C=O) groups excluding carboxylic acids is 1. The van der Waals surface area contributed by atoms with Crippen LogP contribution in [0.1, 0.15) is 36.2 Å². The molecule has 0 aromatic heterocycles. The average Bonchev–Trinajstić information content (AvgIpc) is 2.94. The summed E-state index contributed by atoms with van der Waals surface area (Å²) in [7, 11) is 1.59. The molecule has 0 atom stereocenters. The first-order valence-electron chi connectivity index (χ1n) is 8.09. The third kappa shape index (κ3) is 3.22. The highest BCUT2D eigenvalue weighted by Crippen LogP contribution is 2.39. The Labute approximate surface area is 146 Å². The number of fused-ring (bicyclic) bond motifs is 1. The van der Waals surface area contributed by atoms with Crippen LogP contribution < -0.4 is 9.47 Å². The molecule has 1 N–H and O–H groups in total. The van der Waals surface area contributed by atoms with Crippen LogP contribution in [0.15, 0.2) is 36.4 Å². The first-order valence-corrected chi connectivity index (χ1v) is 8.09. The number of carbonyl (C=O) groups is 2. The van der Waals surface area contributed by atoms with Gasteiger partial charge in [-0.15, -0.1) is 0 Å². The van der Waals surface area contributed by atoms with E-state index < -0.39 is 11.6 Å². The fraction of sp³-hybridized carbons (Fsp3) is 0.300. The number of benzene rings is 2. The SMILES string of the molecule is COc1cccc(-c2cc3c(cc2OC(C)(C)C(=O)O)C(=O)CC3)c1. The molecule has 25 heavy (non-hydrogen) atoms. The minimum atomic E-state index is -1.41. The molecule has 0 bridgehead atoms. The predicted molar refractivity (Wildman–Crippen MR) is 93.4 cm³/mol. The molecule has 2 aromatic carbocycles. The topological polar surface area (TPSA) is 72.8 Å². The van der Waals surface area contributed by atoms with Crippen molar-refractivity contribution in [2.75, 3.05) is 7.11 Å². The molecule has 0 unspecified atom stereocenters. The molecule has 0 aliphatic heterocycles. The Hall–Kier alpha value is -2.82. The van der Waals surface area contributed by atoms with Gasteiger partial charge in [0, 0.05) is 17.5 Å². The van der Waals surface area contributed by atoms with Gasteiger partial charge in [0.15, 0.2) is 11.4 Å². The van der Waals surface area contributed by atoms with Gasteiger partial charge < -0.3 is 14.6 Å². The van der Waals surface area contributed by atoms with E-state index in [0.29, 0.717) is 29.9 Å². The molecule has 1 aliphatic rings. The van der Waals surface area contributed by atoms with E-state index in [0.717, 1.165) is 16.7 Å². The molecule has 0 saturated carbocycles. The average molecular weight is 340 g/mol. The van der Waals surface area contributed by atoms with E-state index in [1.807, 2.05) is 30.3 Å². The molecule has 0 radical (unpaired) electrons. The van der Waals surface area contributed by atoms with Crippen molar-refractivity contribution in [2.45, 2.75) is 32.3 Å². The van der Waals surface area contributed by atoms with Crippen LogP contribution in [0.25, 0.3) is 11.1 Å². The molecule has 3 rings (SSSR count). The lowest BCUT2D eigenvalue weighted by molar-refractivity contribution is -0.152. The molecule has 0 heterocycles. The number of hydrogen-bond acceptors (Lipinski definition) is 4. The highest BCUT2D eigenvalue weighted by Gasteiger charge is 2.32. The molecule has 5 nitrogen and oxygen atoms in total. The van der Waals surface area contributed by atoms with E-state index in [-0.39, 0.29) is 5.78 Å². The predicted octanol–water partition coefficient (Wildman–Crippen LogP) is 3.73. The molecule has 1 aliphatic carbocycles. The van der Waals surface area contributed by atoms with Gasteiger partial charge in [-0.05, 0) is 55.7 Å². The number of carboxylic acids is 1. The van der Waals surface area contributed by atoms with E-state index >= 15 is 0 Å². The molecule has 0 amide bonds. The number of aliphatic carboxylic acids is 1. The summed E-state index contributed by atoms with van der Waals surface area (Å²) in [4.78, 5) is 23.5. The van der Waals surface area contributed by atoms with Crippen molar-refractivity contribution in [3.63, 3.8) is 0 Å². The van der Waals surface area contributed by atoms with E-state index in [1.54, 1.807) is 13.2 Å². The zero-order valence-electron chi connectivity index (χ0n) is 14.5. The van der Waals surface area contributed by atoms with Crippen LogP contribution in [0.3, 0.4) is 0 Å². The van der Waals surface area contributed by atoms with Gasteiger partial charge in [-0.25, -0.2) is 4.79 Å². The summed E-state index contributed by atoms with van der Waals surface area (Å²) < 4.78 is 11.1. The van der Waals surface area contributed by atoms with Gasteiger partial charge in [0.1, 0.15) is 11.5 Å². The Morgan fingerprint density at radius 2 is 1.88 bits per heavy atom. The van der Waals surface area contributed by atoms with Gasteiger partial charge in [-0.2, -0.15) is 0 Å². The van der Waals surface area contributed by atoms with E-state index in [4.69, 9.17) is 9.47 Å². The summed E-state index contributed by atoms with van der Waals surface area (Å²) in [6.45, 7) is 2.97. The summed E-state index contributed by atoms with van der Waals surface area (Å²) in [5.74, 6) is 0.0632. The lowest BCUT2D eigenvalue weighted by Crippen LogP contribution is -2.38. The van der Waals surface area contributed by atoms with E-state index in [9.17, 15) is 14.7 Å². The fourth-order valence-electron chi connectivity index (χ4n) is 2.89. The van der Waals surface area contributed by atoms with Gasteiger partial charge in [-0.3, -0.25) is 4.79 Å². The summed E-state index contributed by atoms with van der Waals surface area (Å²) in [5.41, 5.74) is 1.76. The van der Waals surface area contributed by atoms with Crippen LogP contribution >= 0.6 is 0 Å². The van der Waals surface area contributed by atoms with Crippen molar-refractivity contribution in [1.29, 1.82) is 0 Å². The van der Waals surface area contributed by atoms with Gasteiger partial charge in [0.2, 0.25) is 0 Å². The first kappa shape index (κ1) is 17.0. The summed E-state index contributed by atoms with van der Waals surface area (Å²) in [6, 6.07) is 11.0. The van der Waals surface area contributed by atoms with Crippen molar-refractivity contribution in [2.24, 2.45) is 0 Å². The summed E-state index contributed by atoms with van der Waals surface area (Å²) >= 11 is 0. The normalized spacial score (nSPS) is 13.5. The van der Waals surface area contributed by atoms with Gasteiger partial charge in [0.25, 0.3) is 0 Å². The van der Waals surface area contributed by atoms with Crippen molar-refractivity contribution in [1.82, 2.24) is 0 Å². The third-order valence-corrected chi connectivity index (χ3v) is 4.39. The molecule has 0 spiro atoms. The second-order valence-electron chi connectivity index (χ2n) is 6.58. The maximum Gasteiger partial charge on any atom is 0.347 e. The summed E-state index contributed by atoms with van der Waals surface area (Å²) in [5, 5.41) is 9.38. The smallest absolute Gasteiger partial charge is 0.347 e. The second-order valence-corrected chi connectivity index (χ2v) is 6.58. The largest absolute Gasteiger partial charge is 0.497 e. The lowest BCUT2D eigenvalue weighted by atomic mass is 9.98. The number of Topliss-reactive ketones (excluding diaryl/α,β-unsaturated/α-hetero) is 1. The molecule has 5 heteroatoms. The molecular formula is C20H20O5. The molecule has 0 fully saturated rings. The number of ether oxygens (including phenoxy) is 2. The zero-order chi connectivity index (χ0) is 18.2. The standard InChI is InChI=1S/C20H20O5/c1-20(2,19(22)23)25-18-11-15-13(7-8-17(15)21)10-16(18)12-5-4-6-14(9-12)24-3/h4-6,9-11H,7-8H2,1-3H3,(H,22,23). The highest BCUT2D eigenvalue weighted by molar-refractivity contribution is 6.01. The molecule has 0 saturated heterocycles. The minimum absolute atomic E-state index is 0.0603. The van der Waals surface area contributed by atoms with Crippen LogP contribution in [0.5, 0.6) is 11.5 Å². The Morgan fingerprint density at radius 1 is 1.12 bits per heavy atom. The van der Waals surface area contributed by atoms with Crippen LogP contribution in [0.2, 0.25) is 0 Å². The lowest BCUT2D eigenvalue weighted by Gasteiger charge is -2.24. The van der Waals surface area contributed by atoms with E-state index in [2.05, 4.69) is 0 Å². The first-order chi connectivity index (χ1) is 11.8. The van der Waals surface area contributed by atoms with Gasteiger partial charge in [-0.1, -0.05) is 12.1 Å². The quantitative estimate of drug-likeness (QED) is 0.898. The Morgan fingerprint density at radius 3 is 2.56 bits per heavy atom. The number of aryl methyl sites for hydroxylation is 1. The minimum Gasteiger partial charge on any atom is -0.497 e. The van der Waals surface area contributed by atoms with Crippen LogP contribution in [0, 0.1) is 0 Å². The fourth-order valence-corrected chi connectivity index (χ4v) is 2.89. The number of rotatable bonds is 5. The molecule has 130 valence electrons. The number of hydrogen-bond donors (Lipinski definition) is 1. The van der Waals surface area contributed by atoms with Crippen molar-refractivity contribution < 1.29 is 24.2 Å². The van der Waals surface area contributed by atoms with Crippen LogP contribution in [-0.2, 0) is 11.2 Å². The maximum absolute atomic E-state index is 12.1. The highest BCUT2D eigenvalue weighted by atomic mass is 16.5. The monoisotopic (exact) mass is 340 g/mol. The molecular weight excluding hydrogens is 320 g/mol. The van der Waals surface area contributed by atoms with Crippen molar-refractivity contribution in [3.8, 4) is 22.6 Å². The van der Waals surface area contributed by atoms with Gasteiger partial charge in [0.05, 0.1) is 7.11 Å². The maximum atomic E-state index is 12.1. The molecule has 2 aromatic rings.